The molecule has 0 aliphatic rings. The molecule has 2 aromatic carbocycles. The second kappa shape index (κ2) is 9.31. The number of sulfonamides is 1. The number of aromatic nitrogens is 1. The van der Waals surface area contributed by atoms with Crippen LogP contribution in [0.4, 0.5) is 0 Å². The van der Waals surface area contributed by atoms with Crippen molar-refractivity contribution in [3.63, 3.8) is 0 Å². The van der Waals surface area contributed by atoms with Crippen molar-refractivity contribution in [2.45, 2.75) is 70.1 Å². The van der Waals surface area contributed by atoms with Crippen LogP contribution in [0.15, 0.2) is 51.8 Å². The lowest BCUT2D eigenvalue weighted by molar-refractivity contribution is 0.523. The molecule has 0 aliphatic heterocycles. The highest BCUT2D eigenvalue weighted by molar-refractivity contribution is 7.89. The Balaban J connectivity index is 1.59. The molecule has 3 aromatic rings. The van der Waals surface area contributed by atoms with Gasteiger partial charge < -0.3 is 4.42 Å². The second-order valence-electron chi connectivity index (χ2n) is 8.79. The van der Waals surface area contributed by atoms with E-state index in [1.807, 2.05) is 30.3 Å². The van der Waals surface area contributed by atoms with E-state index >= 15 is 0 Å². The fourth-order valence-corrected chi connectivity index (χ4v) is 4.37. The first-order valence-corrected chi connectivity index (χ1v) is 12.2. The van der Waals surface area contributed by atoms with E-state index in [1.165, 1.54) is 24.0 Å². The molecule has 0 radical (unpaired) electrons. The highest BCUT2D eigenvalue weighted by Crippen LogP contribution is 2.26. The van der Waals surface area contributed by atoms with Gasteiger partial charge in [0, 0.05) is 13.0 Å². The van der Waals surface area contributed by atoms with Crippen molar-refractivity contribution in [2.75, 3.05) is 6.54 Å². The minimum Gasteiger partial charge on any atom is -0.441 e. The molecule has 3 rings (SSSR count). The predicted molar refractivity (Wildman–Crippen MR) is 121 cm³/mol. The van der Waals surface area contributed by atoms with Gasteiger partial charge in [0.15, 0.2) is 11.5 Å². The average Bonchev–Trinajstić information content (AvgIpc) is 3.10. The molecule has 1 N–H and O–H groups in total. The topological polar surface area (TPSA) is 72.2 Å². The van der Waals surface area contributed by atoms with Crippen molar-refractivity contribution < 1.29 is 12.8 Å². The molecule has 0 aliphatic carbocycles. The van der Waals surface area contributed by atoms with Crippen LogP contribution >= 0.6 is 0 Å². The lowest BCUT2D eigenvalue weighted by atomic mass is 9.87. The minimum absolute atomic E-state index is 0.0362. The summed E-state index contributed by atoms with van der Waals surface area (Å²) in [5, 5.41) is 0. The number of unbranched alkanes of at least 4 members (excludes halogenated alkanes) is 2. The molecular formula is C24H32N2O3S. The summed E-state index contributed by atoms with van der Waals surface area (Å²) < 4.78 is 33.5. The summed E-state index contributed by atoms with van der Waals surface area (Å²) in [6, 6.07) is 13.2. The van der Waals surface area contributed by atoms with Crippen LogP contribution in [0.1, 0.15) is 64.0 Å². The van der Waals surface area contributed by atoms with Gasteiger partial charge in [-0.3, -0.25) is 0 Å². The van der Waals surface area contributed by atoms with Gasteiger partial charge in [0.05, 0.1) is 4.90 Å². The number of aryl methyl sites for hydroxylation is 1. The van der Waals surface area contributed by atoms with Crippen LogP contribution in [0.3, 0.4) is 0 Å². The maximum Gasteiger partial charge on any atom is 0.240 e. The Labute approximate surface area is 180 Å². The zero-order valence-electron chi connectivity index (χ0n) is 18.4. The smallest absolute Gasteiger partial charge is 0.240 e. The summed E-state index contributed by atoms with van der Waals surface area (Å²) in [6.07, 6.45) is 4.87. The number of hydrogen-bond donors (Lipinski definition) is 1. The van der Waals surface area contributed by atoms with Crippen LogP contribution < -0.4 is 4.72 Å². The Hall–Kier alpha value is -2.18. The Bertz CT molecular complexity index is 1080. The molecule has 0 bridgehead atoms. The molecule has 162 valence electrons. The van der Waals surface area contributed by atoms with E-state index in [1.54, 1.807) is 12.1 Å². The van der Waals surface area contributed by atoms with Crippen LogP contribution in [0.2, 0.25) is 0 Å². The van der Waals surface area contributed by atoms with E-state index in [-0.39, 0.29) is 16.9 Å². The van der Waals surface area contributed by atoms with Gasteiger partial charge in [0.1, 0.15) is 5.52 Å². The lowest BCUT2D eigenvalue weighted by Gasteiger charge is -2.18. The summed E-state index contributed by atoms with van der Waals surface area (Å²) in [7, 11) is -3.55. The predicted octanol–water partition coefficient (Wildman–Crippen LogP) is 5.38. The van der Waals surface area contributed by atoms with Crippen molar-refractivity contribution in [3.05, 3.63) is 59.5 Å². The Kier molecular flexibility index (Phi) is 6.98. The number of nitrogens with zero attached hydrogens (tertiary/aromatic N) is 1. The van der Waals surface area contributed by atoms with Gasteiger partial charge in [0.25, 0.3) is 0 Å². The number of benzene rings is 2. The Morgan fingerprint density at radius 3 is 2.40 bits per heavy atom. The fraction of sp³-hybridized carbons (Fsp3) is 0.458. The van der Waals surface area contributed by atoms with Crippen LogP contribution in [0, 0.1) is 0 Å². The molecule has 0 amide bonds. The molecule has 0 fully saturated rings. The van der Waals surface area contributed by atoms with E-state index in [4.69, 9.17) is 4.42 Å². The molecule has 30 heavy (non-hydrogen) atoms. The standard InChI is InChI=1S/C24H32N2O3S/c1-5-6-7-8-18-9-12-20(13-10-18)30(27,28)25-16-15-23-26-21-17-19(24(2,3)4)11-14-22(21)29-23/h9-14,17,25H,5-8,15-16H2,1-4H3. The number of nitrogens with one attached hydrogen (secondary N) is 1. The summed E-state index contributed by atoms with van der Waals surface area (Å²) in [6.45, 7) is 8.87. The molecule has 1 heterocycles. The SMILES string of the molecule is CCCCCc1ccc(S(=O)(=O)NCCc2nc3cc(C(C)(C)C)ccc3o2)cc1. The number of fused-ring (bicyclic) bond motifs is 1. The Morgan fingerprint density at radius 2 is 1.73 bits per heavy atom. The van der Waals surface area contributed by atoms with E-state index in [2.05, 4.69) is 37.4 Å². The van der Waals surface area contributed by atoms with Gasteiger partial charge in [-0.25, -0.2) is 18.1 Å². The van der Waals surface area contributed by atoms with Crippen LogP contribution in [0.5, 0.6) is 0 Å². The third kappa shape index (κ3) is 5.70. The van der Waals surface area contributed by atoms with E-state index in [0.29, 0.717) is 12.3 Å². The minimum atomic E-state index is -3.55. The largest absolute Gasteiger partial charge is 0.441 e. The van der Waals surface area contributed by atoms with Crippen molar-refractivity contribution >= 4 is 21.1 Å². The Morgan fingerprint density at radius 1 is 1.00 bits per heavy atom. The van der Waals surface area contributed by atoms with Crippen molar-refractivity contribution in [1.29, 1.82) is 0 Å². The summed E-state index contributed by atoms with van der Waals surface area (Å²) >= 11 is 0. The van der Waals surface area contributed by atoms with Crippen LogP contribution in [-0.2, 0) is 28.3 Å². The third-order valence-electron chi connectivity index (χ3n) is 5.23. The van der Waals surface area contributed by atoms with E-state index in [9.17, 15) is 8.42 Å². The zero-order valence-corrected chi connectivity index (χ0v) is 19.2. The average molecular weight is 429 g/mol. The molecule has 0 atom stereocenters. The van der Waals surface area contributed by atoms with Gasteiger partial charge >= 0.3 is 0 Å². The summed E-state index contributed by atoms with van der Waals surface area (Å²) in [5.41, 5.74) is 3.92. The first kappa shape index (κ1) is 22.5. The fourth-order valence-electron chi connectivity index (χ4n) is 3.34. The molecular weight excluding hydrogens is 396 g/mol. The van der Waals surface area contributed by atoms with Crippen molar-refractivity contribution in [3.8, 4) is 0 Å². The van der Waals surface area contributed by atoms with Crippen molar-refractivity contribution in [1.82, 2.24) is 9.71 Å². The summed E-state index contributed by atoms with van der Waals surface area (Å²) in [4.78, 5) is 4.81. The van der Waals surface area contributed by atoms with Gasteiger partial charge in [0.2, 0.25) is 10.0 Å². The molecule has 5 nitrogen and oxygen atoms in total. The normalized spacial score (nSPS) is 12.5. The molecule has 0 saturated carbocycles. The zero-order chi connectivity index (χ0) is 21.8. The monoisotopic (exact) mass is 428 g/mol. The highest BCUT2D eigenvalue weighted by Gasteiger charge is 2.17. The van der Waals surface area contributed by atoms with Gasteiger partial charge in [-0.2, -0.15) is 0 Å². The number of hydrogen-bond acceptors (Lipinski definition) is 4. The molecule has 0 saturated heterocycles. The number of rotatable bonds is 9. The lowest BCUT2D eigenvalue weighted by Crippen LogP contribution is -2.26. The highest BCUT2D eigenvalue weighted by atomic mass is 32.2. The van der Waals surface area contributed by atoms with Crippen LogP contribution in [-0.4, -0.2) is 19.9 Å². The molecule has 1 aromatic heterocycles. The first-order valence-electron chi connectivity index (χ1n) is 10.7. The van der Waals surface area contributed by atoms with E-state index in [0.717, 1.165) is 23.9 Å². The quantitative estimate of drug-likeness (QED) is 0.465. The van der Waals surface area contributed by atoms with Gasteiger partial charge in [-0.1, -0.05) is 58.7 Å². The van der Waals surface area contributed by atoms with Crippen LogP contribution in [0.25, 0.3) is 11.1 Å². The second-order valence-corrected chi connectivity index (χ2v) is 10.6. The van der Waals surface area contributed by atoms with Gasteiger partial charge in [-0.05, 0) is 53.6 Å². The number of oxazole rings is 1. The van der Waals surface area contributed by atoms with Gasteiger partial charge in [-0.15, -0.1) is 0 Å². The molecule has 6 heteroatoms. The van der Waals surface area contributed by atoms with Crippen molar-refractivity contribution in [2.24, 2.45) is 0 Å². The first-order chi connectivity index (χ1) is 14.2. The maximum atomic E-state index is 12.6. The summed E-state index contributed by atoms with van der Waals surface area (Å²) in [5.74, 6) is 0.532. The molecule has 0 unspecified atom stereocenters. The maximum absolute atomic E-state index is 12.6. The van der Waals surface area contributed by atoms with E-state index < -0.39 is 10.0 Å². The molecule has 0 spiro atoms. The third-order valence-corrected chi connectivity index (χ3v) is 6.71.